The second-order valence-corrected chi connectivity index (χ2v) is 5.20. The molecule has 1 aromatic carbocycles. The van der Waals surface area contributed by atoms with Crippen LogP contribution in [0.2, 0.25) is 5.02 Å². The largest absolute Gasteiger partial charge is 0.384 e. The minimum atomic E-state index is 0.0895. The highest BCUT2D eigenvalue weighted by atomic mass is 35.5. The van der Waals surface area contributed by atoms with Gasteiger partial charge in [-0.05, 0) is 17.7 Å². The molecule has 1 aromatic heterocycles. The number of benzene rings is 1. The number of hydrogen-bond donors (Lipinski definition) is 0. The molecule has 0 spiro atoms. The zero-order chi connectivity index (χ0) is 14.5. The van der Waals surface area contributed by atoms with E-state index in [0.29, 0.717) is 23.7 Å². The summed E-state index contributed by atoms with van der Waals surface area (Å²) in [7, 11) is 1.64. The van der Waals surface area contributed by atoms with Gasteiger partial charge in [-0.2, -0.15) is 5.10 Å². The molecule has 1 heterocycles. The fraction of sp³-hybridized carbons (Fsp3) is 0.333. The Morgan fingerprint density at radius 1 is 1.40 bits per heavy atom. The first-order valence-electron chi connectivity index (χ1n) is 6.40. The average molecular weight is 293 g/mol. The number of aromatic nitrogens is 2. The van der Waals surface area contributed by atoms with Gasteiger partial charge in [-0.1, -0.05) is 30.7 Å². The first-order chi connectivity index (χ1) is 9.63. The maximum absolute atomic E-state index is 11.1. The van der Waals surface area contributed by atoms with Crippen molar-refractivity contribution < 1.29 is 9.53 Å². The van der Waals surface area contributed by atoms with Crippen molar-refractivity contribution in [1.29, 1.82) is 0 Å². The van der Waals surface area contributed by atoms with E-state index in [-0.39, 0.29) is 5.92 Å². The third kappa shape index (κ3) is 3.46. The van der Waals surface area contributed by atoms with Crippen molar-refractivity contribution in [2.45, 2.75) is 19.4 Å². The van der Waals surface area contributed by atoms with Gasteiger partial charge in [0, 0.05) is 24.2 Å². The maximum atomic E-state index is 11.1. The number of ether oxygens (including phenoxy) is 1. The van der Waals surface area contributed by atoms with Crippen molar-refractivity contribution in [3.63, 3.8) is 0 Å². The molecule has 0 amide bonds. The first kappa shape index (κ1) is 14.8. The summed E-state index contributed by atoms with van der Waals surface area (Å²) >= 11 is 5.86. The molecule has 0 aliphatic carbocycles. The number of carbonyl (C=O) groups is 1. The van der Waals surface area contributed by atoms with Crippen LogP contribution in [0.1, 0.15) is 34.5 Å². The number of hydrogen-bond acceptors (Lipinski definition) is 3. The Bertz CT molecular complexity index is 578. The van der Waals surface area contributed by atoms with Crippen molar-refractivity contribution in [2.24, 2.45) is 0 Å². The van der Waals surface area contributed by atoms with E-state index in [1.165, 1.54) is 0 Å². The van der Waals surface area contributed by atoms with Gasteiger partial charge in [0.1, 0.15) is 0 Å². The summed E-state index contributed by atoms with van der Waals surface area (Å²) in [5.41, 5.74) is 2.47. The number of aldehydes is 1. The molecule has 2 rings (SSSR count). The lowest BCUT2D eigenvalue weighted by atomic mass is 10.1. The number of nitrogens with zero attached hydrogens (tertiary/aromatic N) is 2. The summed E-state index contributed by atoms with van der Waals surface area (Å²) in [6, 6.07) is 7.58. The number of halogens is 1. The van der Waals surface area contributed by atoms with Crippen LogP contribution in [0.15, 0.2) is 30.5 Å². The van der Waals surface area contributed by atoms with E-state index in [4.69, 9.17) is 16.3 Å². The van der Waals surface area contributed by atoms with Crippen molar-refractivity contribution in [1.82, 2.24) is 9.78 Å². The van der Waals surface area contributed by atoms with Crippen LogP contribution in [-0.4, -0.2) is 29.8 Å². The Morgan fingerprint density at radius 3 is 2.70 bits per heavy atom. The second-order valence-electron chi connectivity index (χ2n) is 4.77. The fourth-order valence-corrected chi connectivity index (χ4v) is 2.24. The molecule has 0 saturated carbocycles. The Kier molecular flexibility index (Phi) is 4.93. The molecule has 0 fully saturated rings. The number of rotatable bonds is 6. The van der Waals surface area contributed by atoms with E-state index in [1.54, 1.807) is 18.0 Å². The average Bonchev–Trinajstić information content (AvgIpc) is 2.85. The summed E-state index contributed by atoms with van der Waals surface area (Å²) < 4.78 is 6.89. The number of carbonyl (C=O) groups excluding carboxylic acids is 1. The zero-order valence-electron chi connectivity index (χ0n) is 11.5. The summed E-state index contributed by atoms with van der Waals surface area (Å²) in [6.45, 7) is 3.14. The van der Waals surface area contributed by atoms with Crippen LogP contribution < -0.4 is 0 Å². The van der Waals surface area contributed by atoms with Crippen LogP contribution in [0.4, 0.5) is 0 Å². The van der Waals surface area contributed by atoms with Gasteiger partial charge in [-0.15, -0.1) is 0 Å². The Labute approximate surface area is 123 Å². The normalized spacial score (nSPS) is 12.3. The van der Waals surface area contributed by atoms with Gasteiger partial charge in [0.25, 0.3) is 0 Å². The van der Waals surface area contributed by atoms with Gasteiger partial charge in [0.15, 0.2) is 6.29 Å². The van der Waals surface area contributed by atoms with Gasteiger partial charge < -0.3 is 4.74 Å². The minimum Gasteiger partial charge on any atom is -0.384 e. The first-order valence-corrected chi connectivity index (χ1v) is 6.77. The quantitative estimate of drug-likeness (QED) is 0.768. The molecule has 106 valence electrons. The summed E-state index contributed by atoms with van der Waals surface area (Å²) in [5.74, 6) is 0.0895. The van der Waals surface area contributed by atoms with E-state index in [9.17, 15) is 4.79 Å². The van der Waals surface area contributed by atoms with Crippen molar-refractivity contribution in [2.75, 3.05) is 13.7 Å². The monoisotopic (exact) mass is 292 g/mol. The third-order valence-electron chi connectivity index (χ3n) is 3.09. The van der Waals surface area contributed by atoms with E-state index in [2.05, 4.69) is 5.10 Å². The Hall–Kier alpha value is -1.65. The highest BCUT2D eigenvalue weighted by Crippen LogP contribution is 2.18. The second kappa shape index (κ2) is 6.68. The lowest BCUT2D eigenvalue weighted by Crippen LogP contribution is -2.06. The molecule has 0 radical (unpaired) electrons. The molecular weight excluding hydrogens is 276 g/mol. The lowest BCUT2D eigenvalue weighted by molar-refractivity contribution is 0.112. The topological polar surface area (TPSA) is 44.1 Å². The van der Waals surface area contributed by atoms with Crippen LogP contribution >= 0.6 is 11.6 Å². The molecule has 0 saturated heterocycles. The van der Waals surface area contributed by atoms with Crippen LogP contribution in [-0.2, 0) is 11.3 Å². The molecule has 4 nitrogen and oxygen atoms in total. The minimum absolute atomic E-state index is 0.0895. The molecule has 5 heteroatoms. The molecule has 1 unspecified atom stereocenters. The van der Waals surface area contributed by atoms with Crippen LogP contribution in [0, 0.1) is 0 Å². The third-order valence-corrected chi connectivity index (χ3v) is 3.34. The predicted octanol–water partition coefficient (Wildman–Crippen LogP) is 3.15. The number of methoxy groups -OCH3 is 1. The summed E-state index contributed by atoms with van der Waals surface area (Å²) in [5, 5.41) is 5.20. The van der Waals surface area contributed by atoms with Gasteiger partial charge in [0.2, 0.25) is 0 Å². The summed E-state index contributed by atoms with van der Waals surface area (Å²) in [6.07, 6.45) is 2.61. The molecule has 0 aliphatic rings. The molecule has 2 aromatic rings. The molecule has 0 N–H and O–H groups in total. The highest BCUT2D eigenvalue weighted by Gasteiger charge is 2.15. The SMILES string of the molecule is COCC(C)c1nn(Cc2ccc(Cl)cc2)cc1C=O. The highest BCUT2D eigenvalue weighted by molar-refractivity contribution is 6.30. The van der Waals surface area contributed by atoms with Gasteiger partial charge in [-0.3, -0.25) is 9.48 Å². The van der Waals surface area contributed by atoms with E-state index < -0.39 is 0 Å². The zero-order valence-corrected chi connectivity index (χ0v) is 12.3. The van der Waals surface area contributed by atoms with E-state index >= 15 is 0 Å². The Morgan fingerprint density at radius 2 is 2.10 bits per heavy atom. The van der Waals surface area contributed by atoms with Gasteiger partial charge in [0.05, 0.1) is 24.4 Å². The molecule has 1 atom stereocenters. The van der Waals surface area contributed by atoms with E-state index in [0.717, 1.165) is 17.5 Å². The lowest BCUT2D eigenvalue weighted by Gasteiger charge is -2.07. The van der Waals surface area contributed by atoms with Crippen LogP contribution in [0.5, 0.6) is 0 Å². The standard InChI is InChI=1S/C15H17ClN2O2/c1-11(10-20-2)15-13(9-19)8-18(17-15)7-12-3-5-14(16)6-4-12/h3-6,8-9,11H,7,10H2,1-2H3. The van der Waals surface area contributed by atoms with Crippen LogP contribution in [0.3, 0.4) is 0 Å². The molecule has 0 bridgehead atoms. The molecular formula is C15H17ClN2O2. The van der Waals surface area contributed by atoms with E-state index in [1.807, 2.05) is 31.2 Å². The molecule has 0 aliphatic heterocycles. The van der Waals surface area contributed by atoms with Crippen molar-refractivity contribution >= 4 is 17.9 Å². The fourth-order valence-electron chi connectivity index (χ4n) is 2.11. The van der Waals surface area contributed by atoms with Crippen molar-refractivity contribution in [3.8, 4) is 0 Å². The Balaban J connectivity index is 2.20. The van der Waals surface area contributed by atoms with Crippen molar-refractivity contribution in [3.05, 3.63) is 52.3 Å². The van der Waals surface area contributed by atoms with Gasteiger partial charge >= 0.3 is 0 Å². The van der Waals surface area contributed by atoms with Gasteiger partial charge in [-0.25, -0.2) is 0 Å². The predicted molar refractivity (Wildman–Crippen MR) is 78.5 cm³/mol. The molecule has 20 heavy (non-hydrogen) atoms. The maximum Gasteiger partial charge on any atom is 0.153 e. The smallest absolute Gasteiger partial charge is 0.153 e. The summed E-state index contributed by atoms with van der Waals surface area (Å²) in [4.78, 5) is 11.1. The van der Waals surface area contributed by atoms with Crippen LogP contribution in [0.25, 0.3) is 0 Å².